The Balaban J connectivity index is 1.62. The molecule has 1 unspecified atom stereocenters. The van der Waals surface area contributed by atoms with Gasteiger partial charge in [-0.3, -0.25) is 9.69 Å². The molecule has 1 saturated heterocycles. The minimum atomic E-state index is -0.0510. The molecule has 1 aliphatic heterocycles. The second-order valence-corrected chi connectivity index (χ2v) is 9.13. The van der Waals surface area contributed by atoms with Gasteiger partial charge in [0.2, 0.25) is 0 Å². The van der Waals surface area contributed by atoms with Crippen LogP contribution in [0.2, 0.25) is 0 Å². The van der Waals surface area contributed by atoms with E-state index in [-0.39, 0.29) is 12.0 Å². The lowest BCUT2D eigenvalue weighted by atomic mass is 10.1. The Hall–Kier alpha value is -2.44. The molecule has 2 heterocycles. The summed E-state index contributed by atoms with van der Waals surface area (Å²) in [5.74, 6) is 0.742. The van der Waals surface area contributed by atoms with Crippen molar-refractivity contribution in [3.8, 4) is 5.75 Å². The average Bonchev–Trinajstić information content (AvgIpc) is 3.45. The Kier molecular flexibility index (Phi) is 6.88. The molecule has 3 aromatic rings. The molecule has 0 bridgehead atoms. The van der Waals surface area contributed by atoms with E-state index < -0.39 is 0 Å². The van der Waals surface area contributed by atoms with Crippen molar-refractivity contribution >= 4 is 32.6 Å². The summed E-state index contributed by atoms with van der Waals surface area (Å²) in [5.41, 5.74) is 3.92. The quantitative estimate of drug-likeness (QED) is 0.410. The zero-order valence-electron chi connectivity index (χ0n) is 18.5. The summed E-state index contributed by atoms with van der Waals surface area (Å²) < 4.78 is 12.7. The van der Waals surface area contributed by atoms with Crippen LogP contribution in [0.4, 0.5) is 5.13 Å². The van der Waals surface area contributed by atoms with Crippen LogP contribution >= 0.6 is 11.3 Å². The highest BCUT2D eigenvalue weighted by Crippen LogP contribution is 2.34. The molecule has 0 radical (unpaired) electrons. The zero-order valence-corrected chi connectivity index (χ0v) is 19.3. The van der Waals surface area contributed by atoms with Gasteiger partial charge in [0.15, 0.2) is 5.13 Å². The first-order valence-electron chi connectivity index (χ1n) is 11.1. The van der Waals surface area contributed by atoms with Crippen molar-refractivity contribution in [3.05, 3.63) is 53.1 Å². The number of fused-ring (bicyclic) bond motifs is 1. The van der Waals surface area contributed by atoms with Gasteiger partial charge in [-0.2, -0.15) is 0 Å². The minimum Gasteiger partial charge on any atom is -0.494 e. The number of thiazole rings is 1. The van der Waals surface area contributed by atoms with Gasteiger partial charge in [0.05, 0.1) is 29.5 Å². The molecular formula is C25H30N2O3S. The summed E-state index contributed by atoms with van der Waals surface area (Å²) >= 11 is 1.58. The van der Waals surface area contributed by atoms with Crippen LogP contribution in [0.1, 0.15) is 54.1 Å². The Morgan fingerprint density at radius 3 is 2.65 bits per heavy atom. The number of rotatable bonds is 8. The van der Waals surface area contributed by atoms with E-state index in [0.29, 0.717) is 18.7 Å². The molecule has 4 rings (SSSR count). The van der Waals surface area contributed by atoms with E-state index in [0.717, 1.165) is 59.0 Å². The third-order valence-electron chi connectivity index (χ3n) is 5.69. The molecule has 5 nitrogen and oxygen atoms in total. The number of ether oxygens (including phenoxy) is 2. The molecule has 0 N–H and O–H groups in total. The van der Waals surface area contributed by atoms with Crippen LogP contribution in [0.25, 0.3) is 10.2 Å². The molecule has 1 aliphatic rings. The first-order chi connectivity index (χ1) is 15.1. The van der Waals surface area contributed by atoms with Gasteiger partial charge in [-0.25, -0.2) is 4.98 Å². The average molecular weight is 439 g/mol. The molecule has 31 heavy (non-hydrogen) atoms. The topological polar surface area (TPSA) is 51.7 Å². The lowest BCUT2D eigenvalue weighted by Gasteiger charge is -2.23. The summed E-state index contributed by atoms with van der Waals surface area (Å²) in [6.07, 6.45) is 4.17. The Labute approximate surface area is 188 Å². The van der Waals surface area contributed by atoms with Crippen LogP contribution in [-0.4, -0.2) is 36.8 Å². The van der Waals surface area contributed by atoms with Crippen LogP contribution in [0.5, 0.6) is 5.75 Å². The number of amides is 1. The Morgan fingerprint density at radius 1 is 1.19 bits per heavy atom. The molecule has 2 aromatic carbocycles. The zero-order chi connectivity index (χ0) is 21.8. The fourth-order valence-electron chi connectivity index (χ4n) is 3.79. The van der Waals surface area contributed by atoms with Crippen molar-refractivity contribution in [2.45, 2.75) is 52.6 Å². The number of hydrogen-bond donors (Lipinski definition) is 0. The largest absolute Gasteiger partial charge is 0.494 e. The van der Waals surface area contributed by atoms with Crippen molar-refractivity contribution in [2.75, 3.05) is 24.7 Å². The molecule has 164 valence electrons. The van der Waals surface area contributed by atoms with Crippen LogP contribution in [-0.2, 0) is 4.74 Å². The summed E-state index contributed by atoms with van der Waals surface area (Å²) in [4.78, 5) is 20.2. The molecule has 1 aromatic heterocycles. The number of unbranched alkanes of at least 4 members (excludes halogenated alkanes) is 1. The molecule has 0 spiro atoms. The van der Waals surface area contributed by atoms with Gasteiger partial charge in [0, 0.05) is 12.2 Å². The molecule has 1 amide bonds. The minimum absolute atomic E-state index is 0.0507. The monoisotopic (exact) mass is 438 g/mol. The molecule has 6 heteroatoms. The van der Waals surface area contributed by atoms with E-state index in [1.54, 1.807) is 16.2 Å². The normalized spacial score (nSPS) is 16.0. The number of anilines is 1. The Bertz CT molecular complexity index is 1000. The maximum atomic E-state index is 13.5. The van der Waals surface area contributed by atoms with E-state index in [1.807, 2.05) is 24.3 Å². The number of benzene rings is 2. The number of aromatic nitrogens is 1. The van der Waals surface area contributed by atoms with E-state index in [9.17, 15) is 4.79 Å². The van der Waals surface area contributed by atoms with Gasteiger partial charge < -0.3 is 9.47 Å². The summed E-state index contributed by atoms with van der Waals surface area (Å²) in [5, 5.41) is 0.733. The first kappa shape index (κ1) is 21.8. The summed E-state index contributed by atoms with van der Waals surface area (Å²) in [7, 11) is 0. The van der Waals surface area contributed by atoms with Gasteiger partial charge in [-0.05, 0) is 68.5 Å². The van der Waals surface area contributed by atoms with Crippen molar-refractivity contribution in [3.63, 3.8) is 0 Å². The highest BCUT2D eigenvalue weighted by atomic mass is 32.1. The van der Waals surface area contributed by atoms with Gasteiger partial charge in [-0.15, -0.1) is 0 Å². The predicted octanol–water partition coefficient (Wildman–Crippen LogP) is 5.92. The molecule has 1 atom stereocenters. The highest BCUT2D eigenvalue weighted by molar-refractivity contribution is 7.22. The summed E-state index contributed by atoms with van der Waals surface area (Å²) in [6.45, 7) is 8.26. The van der Waals surface area contributed by atoms with Crippen molar-refractivity contribution in [1.82, 2.24) is 4.98 Å². The van der Waals surface area contributed by atoms with Gasteiger partial charge >= 0.3 is 0 Å². The molecule has 0 saturated carbocycles. The van der Waals surface area contributed by atoms with E-state index >= 15 is 0 Å². The van der Waals surface area contributed by atoms with Crippen molar-refractivity contribution < 1.29 is 14.3 Å². The SMILES string of the molecule is CCCCOc1ccc(C(=O)N(CC2CCCO2)c2nc3c(C)ccc(C)c3s2)cc1. The van der Waals surface area contributed by atoms with E-state index in [4.69, 9.17) is 14.5 Å². The summed E-state index contributed by atoms with van der Waals surface area (Å²) in [6, 6.07) is 11.6. The third kappa shape index (κ3) is 4.91. The number of carbonyl (C=O) groups is 1. The standard InChI is InChI=1S/C25H30N2O3S/c1-4-5-14-29-20-12-10-19(11-13-20)24(28)27(16-21-7-6-15-30-21)25-26-22-17(2)8-9-18(3)23(22)31-25/h8-13,21H,4-7,14-16H2,1-3H3. The van der Waals surface area contributed by atoms with Crippen LogP contribution in [0.15, 0.2) is 36.4 Å². The van der Waals surface area contributed by atoms with Crippen LogP contribution in [0, 0.1) is 13.8 Å². The predicted molar refractivity (Wildman–Crippen MR) is 127 cm³/mol. The van der Waals surface area contributed by atoms with Crippen molar-refractivity contribution in [2.24, 2.45) is 0 Å². The lowest BCUT2D eigenvalue weighted by molar-refractivity contribution is 0.0917. The Morgan fingerprint density at radius 2 is 1.97 bits per heavy atom. The number of aryl methyl sites for hydroxylation is 2. The number of hydrogen-bond acceptors (Lipinski definition) is 5. The van der Waals surface area contributed by atoms with Crippen LogP contribution < -0.4 is 9.64 Å². The maximum absolute atomic E-state index is 13.5. The smallest absolute Gasteiger partial charge is 0.260 e. The first-order valence-corrected chi connectivity index (χ1v) is 11.9. The van der Waals surface area contributed by atoms with Gasteiger partial charge in [-0.1, -0.05) is 36.8 Å². The third-order valence-corrected chi connectivity index (χ3v) is 6.90. The fraction of sp³-hybridized carbons (Fsp3) is 0.440. The number of carbonyl (C=O) groups excluding carboxylic acids is 1. The highest BCUT2D eigenvalue weighted by Gasteiger charge is 2.27. The maximum Gasteiger partial charge on any atom is 0.260 e. The van der Waals surface area contributed by atoms with E-state index in [1.165, 1.54) is 5.56 Å². The van der Waals surface area contributed by atoms with Gasteiger partial charge in [0.1, 0.15) is 5.75 Å². The second-order valence-electron chi connectivity index (χ2n) is 8.15. The molecule has 0 aliphatic carbocycles. The van der Waals surface area contributed by atoms with Crippen molar-refractivity contribution in [1.29, 1.82) is 0 Å². The van der Waals surface area contributed by atoms with E-state index in [2.05, 4.69) is 32.9 Å². The lowest BCUT2D eigenvalue weighted by Crippen LogP contribution is -2.37. The van der Waals surface area contributed by atoms with Gasteiger partial charge in [0.25, 0.3) is 5.91 Å². The molecule has 1 fully saturated rings. The molecular weight excluding hydrogens is 408 g/mol. The van der Waals surface area contributed by atoms with Crippen LogP contribution in [0.3, 0.4) is 0 Å². The fourth-order valence-corrected chi connectivity index (χ4v) is 4.91. The number of nitrogens with zero attached hydrogens (tertiary/aromatic N) is 2. The second kappa shape index (κ2) is 9.79.